The van der Waals surface area contributed by atoms with Crippen LogP contribution in [0.1, 0.15) is 38.0 Å². The van der Waals surface area contributed by atoms with Crippen LogP contribution < -0.4 is 11.1 Å². The summed E-state index contributed by atoms with van der Waals surface area (Å²) in [5, 5.41) is 2.54. The zero-order valence-electron chi connectivity index (χ0n) is 18.6. The Hall–Kier alpha value is -3.23. The number of ketones is 1. The first-order chi connectivity index (χ1) is 15.2. The third kappa shape index (κ3) is 8.49. The molecule has 32 heavy (non-hydrogen) atoms. The van der Waals surface area contributed by atoms with Crippen molar-refractivity contribution in [3.05, 3.63) is 71.8 Å². The number of nitrogens with two attached hydrogens (primary N) is 1. The summed E-state index contributed by atoms with van der Waals surface area (Å²) in [4.78, 5) is 37.7. The number of esters is 1. The molecule has 1 unspecified atom stereocenters. The molecule has 0 saturated heterocycles. The van der Waals surface area contributed by atoms with Crippen molar-refractivity contribution in [3.63, 3.8) is 0 Å². The lowest BCUT2D eigenvalue weighted by molar-refractivity contribution is -0.156. The Kier molecular flexibility index (Phi) is 9.37. The van der Waals surface area contributed by atoms with Gasteiger partial charge >= 0.3 is 12.1 Å². The van der Waals surface area contributed by atoms with E-state index in [0.717, 1.165) is 5.56 Å². The van der Waals surface area contributed by atoms with Crippen molar-refractivity contribution in [1.29, 1.82) is 0 Å². The van der Waals surface area contributed by atoms with Crippen molar-refractivity contribution >= 4 is 17.8 Å². The first-order valence-electron chi connectivity index (χ1n) is 10.3. The molecule has 0 aromatic heterocycles. The van der Waals surface area contributed by atoms with Gasteiger partial charge in [-0.05, 0) is 26.3 Å². The summed E-state index contributed by atoms with van der Waals surface area (Å²) >= 11 is 0. The van der Waals surface area contributed by atoms with Crippen LogP contribution in [-0.4, -0.2) is 42.6 Å². The maximum Gasteiger partial charge on any atom is 0.408 e. The zero-order chi connectivity index (χ0) is 23.6. The molecular formula is C24H30N2O6. The van der Waals surface area contributed by atoms with Crippen LogP contribution in [0.2, 0.25) is 0 Å². The van der Waals surface area contributed by atoms with Gasteiger partial charge in [0.2, 0.25) is 5.78 Å². The lowest BCUT2D eigenvalue weighted by Gasteiger charge is -2.27. The number of ether oxygens (including phenoxy) is 3. The number of hydrogen-bond acceptors (Lipinski definition) is 7. The Morgan fingerprint density at radius 1 is 0.969 bits per heavy atom. The van der Waals surface area contributed by atoms with Gasteiger partial charge in [0.05, 0.1) is 18.8 Å². The van der Waals surface area contributed by atoms with Crippen molar-refractivity contribution in [3.8, 4) is 0 Å². The van der Waals surface area contributed by atoms with E-state index in [1.807, 2.05) is 51.1 Å². The van der Waals surface area contributed by atoms with Crippen LogP contribution in [0.15, 0.2) is 60.7 Å². The van der Waals surface area contributed by atoms with E-state index in [1.54, 1.807) is 30.3 Å². The molecule has 2 rings (SSSR count). The molecule has 0 heterocycles. The van der Waals surface area contributed by atoms with Crippen LogP contribution in [-0.2, 0) is 30.4 Å². The molecule has 1 amide bonds. The zero-order valence-corrected chi connectivity index (χ0v) is 18.6. The van der Waals surface area contributed by atoms with E-state index < -0.39 is 35.6 Å². The van der Waals surface area contributed by atoms with Gasteiger partial charge in [-0.2, -0.15) is 0 Å². The molecular weight excluding hydrogens is 412 g/mol. The first kappa shape index (κ1) is 25.0. The molecule has 3 N–H and O–H groups in total. The molecule has 0 bridgehead atoms. The highest BCUT2D eigenvalue weighted by Crippen LogP contribution is 2.21. The second kappa shape index (κ2) is 12.0. The summed E-state index contributed by atoms with van der Waals surface area (Å²) in [6.45, 7) is 5.00. The Labute approximate surface area is 188 Å². The summed E-state index contributed by atoms with van der Waals surface area (Å²) in [5.41, 5.74) is 6.06. The maximum absolute atomic E-state index is 13.4. The average Bonchev–Trinajstić information content (AvgIpc) is 2.78. The number of alkyl carbamates (subject to hydrolysis) is 1. The van der Waals surface area contributed by atoms with Gasteiger partial charge in [0, 0.05) is 5.56 Å². The highest BCUT2D eigenvalue weighted by Gasteiger charge is 2.33. The molecule has 0 aliphatic rings. The van der Waals surface area contributed by atoms with Crippen LogP contribution in [0.3, 0.4) is 0 Å². The third-order valence-corrected chi connectivity index (χ3v) is 4.31. The second-order valence-electron chi connectivity index (χ2n) is 8.07. The molecule has 0 fully saturated rings. The van der Waals surface area contributed by atoms with Gasteiger partial charge in [-0.15, -0.1) is 0 Å². The molecule has 0 spiro atoms. The minimum atomic E-state index is -1.25. The van der Waals surface area contributed by atoms with Crippen LogP contribution >= 0.6 is 0 Å². The number of nitrogens with one attached hydrogen (secondary N) is 1. The van der Waals surface area contributed by atoms with E-state index in [2.05, 4.69) is 5.32 Å². The second-order valence-corrected chi connectivity index (χ2v) is 8.07. The SMILES string of the molecule is CC(C)(C)OC[C@H](NC(=O)OCc1ccccc1)C(=O)C(OC(=O)CN)c1ccccc1. The predicted octanol–water partition coefficient (Wildman–Crippen LogP) is 2.91. The molecule has 0 radical (unpaired) electrons. The van der Waals surface area contributed by atoms with Gasteiger partial charge in [0.25, 0.3) is 0 Å². The van der Waals surface area contributed by atoms with Gasteiger partial charge < -0.3 is 25.3 Å². The minimum Gasteiger partial charge on any atom is -0.448 e. The van der Waals surface area contributed by atoms with E-state index in [9.17, 15) is 14.4 Å². The van der Waals surface area contributed by atoms with E-state index in [1.165, 1.54) is 0 Å². The highest BCUT2D eigenvalue weighted by molar-refractivity contribution is 5.93. The third-order valence-electron chi connectivity index (χ3n) is 4.31. The van der Waals surface area contributed by atoms with Crippen molar-refractivity contribution in [1.82, 2.24) is 5.32 Å². The summed E-state index contributed by atoms with van der Waals surface area (Å²) in [6.07, 6.45) is -2.04. The standard InChI is InChI=1S/C24H30N2O6/c1-24(2,3)31-16-19(26-23(29)30-15-17-10-6-4-7-11-17)21(28)22(32-20(27)14-25)18-12-8-5-9-13-18/h4-13,19,22H,14-16,25H2,1-3H3,(H,26,29)/t19-,22?/m0/s1. The summed E-state index contributed by atoms with van der Waals surface area (Å²) in [7, 11) is 0. The maximum atomic E-state index is 13.4. The average molecular weight is 443 g/mol. The fraction of sp³-hybridized carbons (Fsp3) is 0.375. The molecule has 0 aliphatic carbocycles. The minimum absolute atomic E-state index is 0.0397. The molecule has 2 aromatic rings. The van der Waals surface area contributed by atoms with Crippen LogP contribution in [0, 0.1) is 0 Å². The number of carbonyl (C=O) groups is 3. The molecule has 2 atom stereocenters. The van der Waals surface area contributed by atoms with Gasteiger partial charge in [0.1, 0.15) is 12.6 Å². The van der Waals surface area contributed by atoms with Gasteiger partial charge in [-0.1, -0.05) is 60.7 Å². The van der Waals surface area contributed by atoms with Crippen molar-refractivity contribution in [2.45, 2.75) is 45.1 Å². The van der Waals surface area contributed by atoms with Crippen LogP contribution in [0.4, 0.5) is 4.79 Å². The summed E-state index contributed by atoms with van der Waals surface area (Å²) < 4.78 is 16.3. The lowest BCUT2D eigenvalue weighted by Crippen LogP contribution is -2.48. The van der Waals surface area contributed by atoms with E-state index in [0.29, 0.717) is 5.56 Å². The van der Waals surface area contributed by atoms with Gasteiger partial charge in [-0.25, -0.2) is 4.79 Å². The van der Waals surface area contributed by atoms with Crippen LogP contribution in [0.25, 0.3) is 0 Å². The van der Waals surface area contributed by atoms with E-state index >= 15 is 0 Å². The number of rotatable bonds is 10. The van der Waals surface area contributed by atoms with Gasteiger partial charge in [-0.3, -0.25) is 9.59 Å². The Balaban J connectivity index is 2.18. The topological polar surface area (TPSA) is 117 Å². The molecule has 0 aliphatic heterocycles. The molecule has 0 saturated carbocycles. The Bertz CT molecular complexity index is 880. The number of Topliss-reactive ketones (excluding diaryl/α,β-unsaturated/α-hetero) is 1. The molecule has 2 aromatic carbocycles. The van der Waals surface area contributed by atoms with E-state index in [4.69, 9.17) is 19.9 Å². The van der Waals surface area contributed by atoms with Gasteiger partial charge in [0.15, 0.2) is 6.10 Å². The molecule has 8 heteroatoms. The monoisotopic (exact) mass is 442 g/mol. The first-order valence-corrected chi connectivity index (χ1v) is 10.3. The summed E-state index contributed by atoms with van der Waals surface area (Å²) in [5.74, 6) is -1.30. The fourth-order valence-corrected chi connectivity index (χ4v) is 2.72. The number of benzene rings is 2. The Morgan fingerprint density at radius 2 is 1.56 bits per heavy atom. The van der Waals surface area contributed by atoms with Crippen molar-refractivity contribution in [2.75, 3.05) is 13.2 Å². The van der Waals surface area contributed by atoms with E-state index in [-0.39, 0.29) is 19.8 Å². The largest absolute Gasteiger partial charge is 0.448 e. The summed E-state index contributed by atoms with van der Waals surface area (Å²) in [6, 6.07) is 16.5. The Morgan fingerprint density at radius 3 is 2.12 bits per heavy atom. The number of hydrogen-bond donors (Lipinski definition) is 2. The predicted molar refractivity (Wildman–Crippen MR) is 119 cm³/mol. The lowest BCUT2D eigenvalue weighted by atomic mass is 10.00. The normalized spacial score (nSPS) is 13.0. The quantitative estimate of drug-likeness (QED) is 0.543. The number of carbonyl (C=O) groups excluding carboxylic acids is 3. The van der Waals surface area contributed by atoms with Crippen molar-refractivity contribution < 1.29 is 28.6 Å². The number of amides is 1. The van der Waals surface area contributed by atoms with Crippen LogP contribution in [0.5, 0.6) is 0 Å². The molecule has 8 nitrogen and oxygen atoms in total. The fourth-order valence-electron chi connectivity index (χ4n) is 2.72. The molecule has 172 valence electrons. The highest BCUT2D eigenvalue weighted by atomic mass is 16.6. The smallest absolute Gasteiger partial charge is 0.408 e. The van der Waals surface area contributed by atoms with Crippen molar-refractivity contribution in [2.24, 2.45) is 5.73 Å².